The maximum Gasteiger partial charge on any atom is 0.252 e. The normalized spacial score (nSPS) is 11.8. The van der Waals surface area contributed by atoms with Crippen LogP contribution in [0.5, 0.6) is 0 Å². The summed E-state index contributed by atoms with van der Waals surface area (Å²) < 4.78 is 0.875. The maximum absolute atomic E-state index is 12.1. The number of benzene rings is 1. The van der Waals surface area contributed by atoms with Gasteiger partial charge in [0.1, 0.15) is 6.04 Å². The third kappa shape index (κ3) is 4.19. The van der Waals surface area contributed by atoms with E-state index in [2.05, 4.69) is 27.9 Å². The van der Waals surface area contributed by atoms with Crippen LogP contribution >= 0.6 is 22.6 Å². The molecule has 0 saturated heterocycles. The van der Waals surface area contributed by atoms with Gasteiger partial charge in [0, 0.05) is 16.7 Å². The van der Waals surface area contributed by atoms with Crippen molar-refractivity contribution in [3.8, 4) is 0 Å². The Labute approximate surface area is 127 Å². The Morgan fingerprint density at radius 1 is 1.26 bits per heavy atom. The molecule has 1 aromatic carbocycles. The molecule has 0 heterocycles. The monoisotopic (exact) mass is 374 g/mol. The largest absolute Gasteiger partial charge is 0.341 e. The standard InChI is InChI=1S/C14H19IN2O2/c1-4-17(5-2)14(19)10(3)16-13(18)11-8-6-7-9-12(11)15/h6-10H,4-5H2,1-3H3,(H,16,18). The fraction of sp³-hybridized carbons (Fsp3) is 0.429. The summed E-state index contributed by atoms with van der Waals surface area (Å²) in [7, 11) is 0. The lowest BCUT2D eigenvalue weighted by molar-refractivity contribution is -0.132. The molecule has 2 amide bonds. The van der Waals surface area contributed by atoms with Gasteiger partial charge in [-0.1, -0.05) is 12.1 Å². The molecule has 1 rings (SSSR count). The van der Waals surface area contributed by atoms with E-state index in [9.17, 15) is 9.59 Å². The van der Waals surface area contributed by atoms with Crippen LogP contribution in [0.3, 0.4) is 0 Å². The summed E-state index contributed by atoms with van der Waals surface area (Å²) in [6.45, 7) is 6.87. The molecule has 0 aliphatic rings. The Morgan fingerprint density at radius 3 is 2.37 bits per heavy atom. The third-order valence-electron chi connectivity index (χ3n) is 2.91. The van der Waals surface area contributed by atoms with E-state index < -0.39 is 6.04 Å². The minimum Gasteiger partial charge on any atom is -0.341 e. The molecule has 0 fully saturated rings. The second-order valence-corrected chi connectivity index (χ2v) is 5.35. The minimum absolute atomic E-state index is 0.0516. The van der Waals surface area contributed by atoms with E-state index in [0.29, 0.717) is 18.7 Å². The highest BCUT2D eigenvalue weighted by atomic mass is 127. The fourth-order valence-electron chi connectivity index (χ4n) is 1.79. The first-order valence-corrected chi connectivity index (χ1v) is 7.43. The second-order valence-electron chi connectivity index (χ2n) is 4.19. The second kappa shape index (κ2) is 7.47. The quantitative estimate of drug-likeness (QED) is 0.804. The summed E-state index contributed by atoms with van der Waals surface area (Å²) in [6.07, 6.45) is 0. The van der Waals surface area contributed by atoms with Crippen molar-refractivity contribution in [1.82, 2.24) is 10.2 Å². The van der Waals surface area contributed by atoms with Crippen molar-refractivity contribution in [2.24, 2.45) is 0 Å². The number of likely N-dealkylation sites (N-methyl/N-ethyl adjacent to an activating group) is 1. The van der Waals surface area contributed by atoms with Crippen LogP contribution in [0.4, 0.5) is 0 Å². The van der Waals surface area contributed by atoms with Crippen LogP contribution < -0.4 is 5.32 Å². The summed E-state index contributed by atoms with van der Waals surface area (Å²) in [5, 5.41) is 2.75. The fourth-order valence-corrected chi connectivity index (χ4v) is 2.42. The molecule has 5 heteroatoms. The summed E-state index contributed by atoms with van der Waals surface area (Å²) in [4.78, 5) is 25.9. The summed E-state index contributed by atoms with van der Waals surface area (Å²) >= 11 is 2.11. The Kier molecular flexibility index (Phi) is 6.27. The van der Waals surface area contributed by atoms with E-state index in [1.54, 1.807) is 17.9 Å². The molecule has 4 nitrogen and oxygen atoms in total. The lowest BCUT2D eigenvalue weighted by Crippen LogP contribution is -2.46. The number of amides is 2. The first-order chi connectivity index (χ1) is 9.01. The van der Waals surface area contributed by atoms with Gasteiger partial charge in [-0.2, -0.15) is 0 Å². The molecule has 0 bridgehead atoms. The number of nitrogens with zero attached hydrogens (tertiary/aromatic N) is 1. The van der Waals surface area contributed by atoms with E-state index >= 15 is 0 Å². The first kappa shape index (κ1) is 15.9. The average molecular weight is 374 g/mol. The van der Waals surface area contributed by atoms with E-state index in [4.69, 9.17) is 0 Å². The van der Waals surface area contributed by atoms with E-state index in [1.165, 1.54) is 0 Å². The van der Waals surface area contributed by atoms with Crippen LogP contribution in [0.1, 0.15) is 31.1 Å². The number of hydrogen-bond acceptors (Lipinski definition) is 2. The zero-order valence-corrected chi connectivity index (χ0v) is 13.6. The zero-order chi connectivity index (χ0) is 14.4. The van der Waals surface area contributed by atoms with Crippen LogP contribution in [-0.4, -0.2) is 35.8 Å². The summed E-state index contributed by atoms with van der Waals surface area (Å²) in [5.74, 6) is -0.262. The van der Waals surface area contributed by atoms with Crippen molar-refractivity contribution in [3.05, 3.63) is 33.4 Å². The first-order valence-electron chi connectivity index (χ1n) is 6.35. The van der Waals surface area contributed by atoms with Gasteiger partial charge in [-0.15, -0.1) is 0 Å². The third-order valence-corrected chi connectivity index (χ3v) is 3.85. The topological polar surface area (TPSA) is 49.4 Å². The van der Waals surface area contributed by atoms with Crippen LogP contribution in [0.2, 0.25) is 0 Å². The van der Waals surface area contributed by atoms with Crippen molar-refractivity contribution >= 4 is 34.4 Å². The zero-order valence-electron chi connectivity index (χ0n) is 11.4. The van der Waals surface area contributed by atoms with Crippen LogP contribution in [0.15, 0.2) is 24.3 Å². The number of halogens is 1. The van der Waals surface area contributed by atoms with Crippen LogP contribution in [-0.2, 0) is 4.79 Å². The van der Waals surface area contributed by atoms with Gasteiger partial charge in [0.25, 0.3) is 5.91 Å². The maximum atomic E-state index is 12.1. The number of hydrogen-bond donors (Lipinski definition) is 1. The van der Waals surface area contributed by atoms with Gasteiger partial charge in [0.2, 0.25) is 5.91 Å². The summed E-state index contributed by atoms with van der Waals surface area (Å²) in [5.41, 5.74) is 0.599. The number of rotatable bonds is 5. The molecule has 104 valence electrons. The van der Waals surface area contributed by atoms with Crippen LogP contribution in [0, 0.1) is 3.57 Å². The predicted octanol–water partition coefficient (Wildman–Crippen LogP) is 2.28. The number of carbonyl (C=O) groups is 2. The molecule has 19 heavy (non-hydrogen) atoms. The average Bonchev–Trinajstić information content (AvgIpc) is 2.40. The highest BCUT2D eigenvalue weighted by Gasteiger charge is 2.21. The van der Waals surface area contributed by atoms with Gasteiger partial charge >= 0.3 is 0 Å². The molecule has 0 aromatic heterocycles. The highest BCUT2D eigenvalue weighted by molar-refractivity contribution is 14.1. The van der Waals surface area contributed by atoms with Gasteiger partial charge < -0.3 is 10.2 Å². The predicted molar refractivity (Wildman–Crippen MR) is 84.0 cm³/mol. The van der Waals surface area contributed by atoms with E-state index in [0.717, 1.165) is 3.57 Å². The Morgan fingerprint density at radius 2 is 1.84 bits per heavy atom. The molecular formula is C14H19IN2O2. The molecule has 0 radical (unpaired) electrons. The van der Waals surface area contributed by atoms with Gasteiger partial charge in [-0.05, 0) is 55.5 Å². The van der Waals surface area contributed by atoms with Gasteiger partial charge in [0.05, 0.1) is 5.56 Å². The lowest BCUT2D eigenvalue weighted by atomic mass is 10.2. The van der Waals surface area contributed by atoms with E-state index in [-0.39, 0.29) is 11.8 Å². The van der Waals surface area contributed by atoms with Gasteiger partial charge in [-0.25, -0.2) is 0 Å². The van der Waals surface area contributed by atoms with Gasteiger partial charge in [0.15, 0.2) is 0 Å². The molecule has 0 aliphatic carbocycles. The lowest BCUT2D eigenvalue weighted by Gasteiger charge is -2.23. The molecule has 0 spiro atoms. The number of nitrogens with one attached hydrogen (secondary N) is 1. The minimum atomic E-state index is -0.511. The van der Waals surface area contributed by atoms with Crippen molar-refractivity contribution in [1.29, 1.82) is 0 Å². The number of carbonyl (C=O) groups excluding carboxylic acids is 2. The molecule has 1 unspecified atom stereocenters. The Balaban J connectivity index is 2.72. The van der Waals surface area contributed by atoms with Crippen molar-refractivity contribution in [2.75, 3.05) is 13.1 Å². The molecule has 1 atom stereocenters. The van der Waals surface area contributed by atoms with Gasteiger partial charge in [-0.3, -0.25) is 9.59 Å². The molecule has 1 N–H and O–H groups in total. The van der Waals surface area contributed by atoms with E-state index in [1.807, 2.05) is 32.0 Å². The Hall–Kier alpha value is -1.11. The molecular weight excluding hydrogens is 355 g/mol. The smallest absolute Gasteiger partial charge is 0.252 e. The summed E-state index contributed by atoms with van der Waals surface area (Å²) in [6, 6.07) is 6.80. The molecule has 1 aromatic rings. The Bertz CT molecular complexity index is 459. The highest BCUT2D eigenvalue weighted by Crippen LogP contribution is 2.11. The molecule has 0 saturated carbocycles. The molecule has 0 aliphatic heterocycles. The SMILES string of the molecule is CCN(CC)C(=O)C(C)NC(=O)c1ccccc1I. The van der Waals surface area contributed by atoms with Crippen molar-refractivity contribution < 1.29 is 9.59 Å². The van der Waals surface area contributed by atoms with Crippen molar-refractivity contribution in [3.63, 3.8) is 0 Å². The van der Waals surface area contributed by atoms with Crippen molar-refractivity contribution in [2.45, 2.75) is 26.8 Å². The van der Waals surface area contributed by atoms with Crippen LogP contribution in [0.25, 0.3) is 0 Å².